The minimum absolute atomic E-state index is 0.151. The second-order valence-electron chi connectivity index (χ2n) is 4.18. The van der Waals surface area contributed by atoms with Gasteiger partial charge in [-0.15, -0.1) is 0 Å². The molecule has 0 bridgehead atoms. The summed E-state index contributed by atoms with van der Waals surface area (Å²) in [6.07, 6.45) is 0.633. The molecule has 0 radical (unpaired) electrons. The molecule has 7 heteroatoms. The summed E-state index contributed by atoms with van der Waals surface area (Å²) < 4.78 is 53.8. The number of halogens is 3. The number of hydrogen-bond donors (Lipinski definition) is 0. The molecule has 18 heavy (non-hydrogen) atoms. The molecular weight excluding hydrogens is 286 g/mol. The molecule has 0 N–H and O–H groups in total. The lowest BCUT2D eigenvalue weighted by Gasteiger charge is -2.10. The van der Waals surface area contributed by atoms with Crippen LogP contribution in [-0.2, 0) is 9.05 Å². The van der Waals surface area contributed by atoms with E-state index in [1.54, 1.807) is 0 Å². The number of ether oxygens (including phenoxy) is 1. The van der Waals surface area contributed by atoms with Crippen molar-refractivity contribution in [3.05, 3.63) is 23.8 Å². The van der Waals surface area contributed by atoms with Gasteiger partial charge in [0.15, 0.2) is 17.4 Å². The van der Waals surface area contributed by atoms with E-state index in [-0.39, 0.29) is 6.61 Å². The first-order chi connectivity index (χ1) is 8.21. The van der Waals surface area contributed by atoms with Crippen LogP contribution in [0.4, 0.5) is 8.78 Å². The van der Waals surface area contributed by atoms with Crippen molar-refractivity contribution in [1.82, 2.24) is 0 Å². The molecule has 0 aliphatic rings. The van der Waals surface area contributed by atoms with Crippen molar-refractivity contribution in [3.8, 4) is 5.75 Å². The van der Waals surface area contributed by atoms with E-state index in [1.165, 1.54) is 0 Å². The Kier molecular flexibility index (Phi) is 4.92. The Morgan fingerprint density at radius 3 is 2.17 bits per heavy atom. The minimum atomic E-state index is -4.16. The van der Waals surface area contributed by atoms with Gasteiger partial charge >= 0.3 is 0 Å². The standard InChI is InChI=1S/C11H13ClF2O3S/c1-7(2)3-4-17-11-9(13)5-8(6-10(11)14)18(12,15)16/h5-7H,3-4H2,1-2H3. The minimum Gasteiger partial charge on any atom is -0.488 e. The Balaban J connectivity index is 2.95. The molecule has 102 valence electrons. The second kappa shape index (κ2) is 5.84. The first kappa shape index (κ1) is 15.2. The number of hydrogen-bond acceptors (Lipinski definition) is 3. The van der Waals surface area contributed by atoms with Crippen molar-refractivity contribution in [3.63, 3.8) is 0 Å². The summed E-state index contributed by atoms with van der Waals surface area (Å²) in [5.74, 6) is -2.42. The van der Waals surface area contributed by atoms with Crippen LogP contribution < -0.4 is 4.74 Å². The molecule has 0 spiro atoms. The largest absolute Gasteiger partial charge is 0.488 e. The van der Waals surface area contributed by atoms with Crippen molar-refractivity contribution in [2.24, 2.45) is 5.92 Å². The highest BCUT2D eigenvalue weighted by Crippen LogP contribution is 2.27. The highest BCUT2D eigenvalue weighted by molar-refractivity contribution is 8.13. The van der Waals surface area contributed by atoms with Gasteiger partial charge in [0, 0.05) is 10.7 Å². The van der Waals surface area contributed by atoms with Gasteiger partial charge in [0.05, 0.1) is 11.5 Å². The summed E-state index contributed by atoms with van der Waals surface area (Å²) in [5, 5.41) is 0. The van der Waals surface area contributed by atoms with Crippen molar-refractivity contribution in [1.29, 1.82) is 0 Å². The summed E-state index contributed by atoms with van der Waals surface area (Å²) in [6, 6.07) is 1.27. The zero-order chi connectivity index (χ0) is 13.9. The monoisotopic (exact) mass is 298 g/mol. The topological polar surface area (TPSA) is 43.4 Å². The lowest BCUT2D eigenvalue weighted by molar-refractivity contribution is 0.262. The van der Waals surface area contributed by atoms with Gasteiger partial charge in [-0.3, -0.25) is 0 Å². The Labute approximate surface area is 109 Å². The zero-order valence-corrected chi connectivity index (χ0v) is 11.5. The second-order valence-corrected chi connectivity index (χ2v) is 6.75. The highest BCUT2D eigenvalue weighted by atomic mass is 35.7. The Bertz CT molecular complexity index is 506. The van der Waals surface area contributed by atoms with Crippen LogP contribution >= 0.6 is 10.7 Å². The maximum atomic E-state index is 13.5. The molecule has 0 aliphatic heterocycles. The van der Waals surface area contributed by atoms with E-state index in [4.69, 9.17) is 15.4 Å². The molecule has 0 aliphatic carbocycles. The van der Waals surface area contributed by atoms with Crippen molar-refractivity contribution < 1.29 is 21.9 Å². The molecule has 0 saturated carbocycles. The Morgan fingerprint density at radius 2 is 1.78 bits per heavy atom. The Hall–Kier alpha value is -0.880. The molecule has 0 amide bonds. The molecule has 0 atom stereocenters. The molecule has 0 unspecified atom stereocenters. The van der Waals surface area contributed by atoms with E-state index in [0.717, 1.165) is 0 Å². The summed E-state index contributed by atoms with van der Waals surface area (Å²) in [6.45, 7) is 4.04. The van der Waals surface area contributed by atoms with Gasteiger partial charge in [0.25, 0.3) is 9.05 Å². The molecule has 3 nitrogen and oxygen atoms in total. The highest BCUT2D eigenvalue weighted by Gasteiger charge is 2.19. The normalized spacial score (nSPS) is 11.9. The average molecular weight is 299 g/mol. The van der Waals surface area contributed by atoms with E-state index in [1.807, 2.05) is 13.8 Å². The fourth-order valence-electron chi connectivity index (χ4n) is 1.21. The van der Waals surface area contributed by atoms with Crippen LogP contribution in [0.25, 0.3) is 0 Å². The lowest BCUT2D eigenvalue weighted by Crippen LogP contribution is -2.05. The van der Waals surface area contributed by atoms with Gasteiger partial charge in [0.2, 0.25) is 0 Å². The van der Waals surface area contributed by atoms with Gasteiger partial charge in [-0.2, -0.15) is 0 Å². The van der Waals surface area contributed by atoms with Crippen LogP contribution in [0.2, 0.25) is 0 Å². The first-order valence-corrected chi connectivity index (χ1v) is 7.59. The maximum absolute atomic E-state index is 13.5. The predicted molar refractivity (Wildman–Crippen MR) is 64.3 cm³/mol. The van der Waals surface area contributed by atoms with Crippen LogP contribution in [0.5, 0.6) is 5.75 Å². The van der Waals surface area contributed by atoms with Gasteiger partial charge in [0.1, 0.15) is 0 Å². The first-order valence-electron chi connectivity index (χ1n) is 5.28. The van der Waals surface area contributed by atoms with Crippen LogP contribution in [0.3, 0.4) is 0 Å². The summed E-state index contributed by atoms with van der Waals surface area (Å²) in [7, 11) is 0.837. The van der Waals surface area contributed by atoms with Crippen LogP contribution in [0.15, 0.2) is 17.0 Å². The SMILES string of the molecule is CC(C)CCOc1c(F)cc(S(=O)(=O)Cl)cc1F. The van der Waals surface area contributed by atoms with E-state index >= 15 is 0 Å². The Morgan fingerprint density at radius 1 is 1.28 bits per heavy atom. The molecule has 1 aromatic carbocycles. The quantitative estimate of drug-likeness (QED) is 0.783. The third-order valence-corrected chi connectivity index (χ3v) is 3.53. The average Bonchev–Trinajstić information content (AvgIpc) is 2.20. The van der Waals surface area contributed by atoms with Gasteiger partial charge in [-0.1, -0.05) is 13.8 Å². The van der Waals surface area contributed by atoms with E-state index in [9.17, 15) is 17.2 Å². The number of rotatable bonds is 5. The molecule has 0 fully saturated rings. The molecular formula is C11H13ClF2O3S. The lowest BCUT2D eigenvalue weighted by atomic mass is 10.1. The van der Waals surface area contributed by atoms with Crippen LogP contribution in [0.1, 0.15) is 20.3 Å². The summed E-state index contributed by atoms with van der Waals surface area (Å²) in [5.41, 5.74) is 0. The molecule has 1 rings (SSSR count). The molecule has 1 aromatic rings. The summed E-state index contributed by atoms with van der Waals surface area (Å²) in [4.78, 5) is -0.629. The molecule has 0 saturated heterocycles. The van der Waals surface area contributed by atoms with E-state index in [2.05, 4.69) is 0 Å². The third kappa shape index (κ3) is 4.10. The predicted octanol–water partition coefficient (Wildman–Crippen LogP) is 3.32. The van der Waals surface area contributed by atoms with Crippen LogP contribution in [0, 0.1) is 17.6 Å². The molecule has 0 aromatic heterocycles. The number of benzene rings is 1. The third-order valence-electron chi connectivity index (χ3n) is 2.19. The van der Waals surface area contributed by atoms with E-state index in [0.29, 0.717) is 24.5 Å². The summed E-state index contributed by atoms with van der Waals surface area (Å²) >= 11 is 0. The van der Waals surface area contributed by atoms with Crippen LogP contribution in [-0.4, -0.2) is 15.0 Å². The van der Waals surface area contributed by atoms with Crippen molar-refractivity contribution in [2.45, 2.75) is 25.2 Å². The van der Waals surface area contributed by atoms with Crippen molar-refractivity contribution in [2.75, 3.05) is 6.61 Å². The fourth-order valence-corrected chi connectivity index (χ4v) is 1.97. The maximum Gasteiger partial charge on any atom is 0.261 e. The van der Waals surface area contributed by atoms with Gasteiger partial charge < -0.3 is 4.74 Å². The van der Waals surface area contributed by atoms with Crippen molar-refractivity contribution >= 4 is 19.7 Å². The smallest absolute Gasteiger partial charge is 0.261 e. The van der Waals surface area contributed by atoms with Gasteiger partial charge in [-0.25, -0.2) is 17.2 Å². The van der Waals surface area contributed by atoms with E-state index < -0.39 is 31.3 Å². The molecule has 0 heterocycles. The zero-order valence-electron chi connectivity index (χ0n) is 9.91. The fraction of sp³-hybridized carbons (Fsp3) is 0.455. The van der Waals surface area contributed by atoms with Gasteiger partial charge in [-0.05, 0) is 24.5 Å².